The van der Waals surface area contributed by atoms with Crippen LogP contribution < -0.4 is 4.72 Å². The largest absolute Gasteiger partial charge is 0.314 e. The van der Waals surface area contributed by atoms with E-state index >= 15 is 4.39 Å². The van der Waals surface area contributed by atoms with Gasteiger partial charge in [-0.25, -0.2) is 22.2 Å². The van der Waals surface area contributed by atoms with Gasteiger partial charge in [-0.1, -0.05) is 25.4 Å². The summed E-state index contributed by atoms with van der Waals surface area (Å²) in [7, 11) is 0. The second-order valence-corrected chi connectivity index (χ2v) is 9.63. The van der Waals surface area contributed by atoms with E-state index in [0.717, 1.165) is 30.6 Å². The summed E-state index contributed by atoms with van der Waals surface area (Å²) in [5, 5.41) is 4.77. The van der Waals surface area contributed by atoms with E-state index in [9.17, 15) is 8.78 Å². The molecule has 3 heterocycles. The Hall–Kier alpha value is -3.01. The molecule has 1 aliphatic heterocycles. The smallest absolute Gasteiger partial charge is 0.155 e. The first-order valence-electron chi connectivity index (χ1n) is 12.0. The van der Waals surface area contributed by atoms with Gasteiger partial charge in [0.2, 0.25) is 0 Å². The summed E-state index contributed by atoms with van der Waals surface area (Å²) in [6.07, 6.45) is 6.74. The number of hydrogen-bond acceptors (Lipinski definition) is 5. The number of aromatic nitrogens is 3. The molecular formula is C27H27ClF3N5S. The fourth-order valence-electron chi connectivity index (χ4n) is 4.07. The van der Waals surface area contributed by atoms with Gasteiger partial charge in [0.15, 0.2) is 17.5 Å². The average molecular weight is 546 g/mol. The minimum Gasteiger partial charge on any atom is -0.314 e. The van der Waals surface area contributed by atoms with Crippen LogP contribution in [0.25, 0.3) is 28.1 Å². The Bertz CT molecular complexity index is 1350. The van der Waals surface area contributed by atoms with Crippen LogP contribution in [0.2, 0.25) is 5.02 Å². The minimum absolute atomic E-state index is 0.160. The van der Waals surface area contributed by atoms with Gasteiger partial charge in [-0.05, 0) is 61.7 Å². The van der Waals surface area contributed by atoms with Crippen molar-refractivity contribution in [1.82, 2.24) is 19.1 Å². The van der Waals surface area contributed by atoms with Gasteiger partial charge in [0, 0.05) is 65.5 Å². The van der Waals surface area contributed by atoms with Crippen LogP contribution in [-0.2, 0) is 0 Å². The van der Waals surface area contributed by atoms with Gasteiger partial charge in [0.05, 0.1) is 5.69 Å². The highest BCUT2D eigenvalue weighted by atomic mass is 35.5. The average Bonchev–Trinajstić information content (AvgIpc) is 3.56. The van der Waals surface area contributed by atoms with Crippen molar-refractivity contribution in [1.29, 1.82) is 0 Å². The van der Waals surface area contributed by atoms with Crippen molar-refractivity contribution in [2.45, 2.75) is 33.6 Å². The molecule has 2 aromatic carbocycles. The molecule has 0 amide bonds. The maximum Gasteiger partial charge on any atom is 0.155 e. The van der Waals surface area contributed by atoms with Crippen molar-refractivity contribution in [3.8, 4) is 28.1 Å². The van der Waals surface area contributed by atoms with Crippen LogP contribution in [0.15, 0.2) is 55.0 Å². The van der Waals surface area contributed by atoms with E-state index in [1.807, 2.05) is 13.8 Å². The molecule has 194 valence electrons. The lowest BCUT2D eigenvalue weighted by atomic mass is 10.0. The molecule has 1 aliphatic rings. The normalized spacial score (nSPS) is 13.4. The summed E-state index contributed by atoms with van der Waals surface area (Å²) in [6.45, 7) is 7.43. The van der Waals surface area contributed by atoms with E-state index in [1.165, 1.54) is 42.6 Å². The number of anilines is 1. The van der Waals surface area contributed by atoms with Gasteiger partial charge >= 0.3 is 0 Å². The van der Waals surface area contributed by atoms with Crippen molar-refractivity contribution in [3.63, 3.8) is 0 Å². The summed E-state index contributed by atoms with van der Waals surface area (Å²) < 4.78 is 51.6. The molecule has 1 saturated heterocycles. The molecule has 2 aromatic heterocycles. The first-order valence-corrected chi connectivity index (χ1v) is 13.2. The van der Waals surface area contributed by atoms with E-state index in [-0.39, 0.29) is 16.9 Å². The maximum absolute atomic E-state index is 15.8. The van der Waals surface area contributed by atoms with E-state index < -0.39 is 17.5 Å². The number of hydrogen-bond donors (Lipinski definition) is 1. The molecule has 5 rings (SSSR count). The van der Waals surface area contributed by atoms with E-state index in [2.05, 4.69) is 19.1 Å². The summed E-state index contributed by atoms with van der Waals surface area (Å²) in [6, 6.07) is 8.84. The molecule has 4 aromatic rings. The van der Waals surface area contributed by atoms with Gasteiger partial charge in [0.1, 0.15) is 11.4 Å². The number of nitrogens with zero attached hydrogens (tertiary/aromatic N) is 4. The molecule has 0 unspecified atom stereocenters. The Morgan fingerprint density at radius 1 is 0.946 bits per heavy atom. The predicted molar refractivity (Wildman–Crippen MR) is 145 cm³/mol. The van der Waals surface area contributed by atoms with Crippen molar-refractivity contribution in [3.05, 3.63) is 83.0 Å². The third-order valence-corrected chi connectivity index (χ3v) is 6.89. The Morgan fingerprint density at radius 2 is 1.59 bits per heavy atom. The zero-order chi connectivity index (χ0) is 26.5. The molecule has 1 N–H and O–H groups in total. The second-order valence-electron chi connectivity index (χ2n) is 8.29. The summed E-state index contributed by atoms with van der Waals surface area (Å²) in [5.74, 6) is -2.08. The van der Waals surface area contributed by atoms with Crippen molar-refractivity contribution in [2.75, 3.05) is 17.8 Å². The fourth-order valence-corrected chi connectivity index (χ4v) is 5.11. The molecule has 0 radical (unpaired) electrons. The molecule has 1 fully saturated rings. The third-order valence-electron chi connectivity index (χ3n) is 5.74. The van der Waals surface area contributed by atoms with E-state index in [4.69, 9.17) is 11.6 Å². The van der Waals surface area contributed by atoms with E-state index in [1.54, 1.807) is 31.5 Å². The number of pyridine rings is 1. The highest BCUT2D eigenvalue weighted by Gasteiger charge is 2.23. The molecule has 0 aliphatic carbocycles. The number of aryl methyl sites for hydroxylation is 1. The molecule has 0 bridgehead atoms. The van der Waals surface area contributed by atoms with Crippen molar-refractivity contribution < 1.29 is 13.2 Å². The number of benzene rings is 2. The lowest BCUT2D eigenvalue weighted by molar-refractivity contribution is 0.558. The quantitative estimate of drug-likeness (QED) is 0.248. The minimum atomic E-state index is -0.770. The van der Waals surface area contributed by atoms with Gasteiger partial charge in [-0.2, -0.15) is 5.10 Å². The summed E-state index contributed by atoms with van der Waals surface area (Å²) in [5.41, 5.74) is 1.76. The lowest BCUT2D eigenvalue weighted by Crippen LogP contribution is -2.12. The number of nitrogens with one attached hydrogen (secondary N) is 1. The first-order chi connectivity index (χ1) is 17.9. The standard InChI is InChI=1S/C25H21ClF3N5S.C2H6/c1-15-10-20(27)25(21(28)11-15)34-14-19(24(31-34)16-4-6-30-7-5-16)18-12-17(26)13-22(23(18)29)32-35-33-8-2-3-9-33;1-2/h4-7,10-14,32H,2-3,8-9H2,1H3;1-2H3. The van der Waals surface area contributed by atoms with Crippen molar-refractivity contribution >= 4 is 29.4 Å². The summed E-state index contributed by atoms with van der Waals surface area (Å²) >= 11 is 7.70. The SMILES string of the molecule is CC.Cc1cc(F)c(-n2cc(-c3cc(Cl)cc(NSN4CCCC4)c3F)c(-c3ccncc3)n2)c(F)c1. The zero-order valence-corrected chi connectivity index (χ0v) is 22.3. The molecule has 0 spiro atoms. The first kappa shape index (κ1) is 27.0. The lowest BCUT2D eigenvalue weighted by Gasteiger charge is -2.16. The van der Waals surface area contributed by atoms with Crippen LogP contribution in [0.5, 0.6) is 0 Å². The van der Waals surface area contributed by atoms with Gasteiger partial charge in [-0.15, -0.1) is 0 Å². The Labute approximate surface area is 223 Å². The summed E-state index contributed by atoms with van der Waals surface area (Å²) in [4.78, 5) is 4.02. The van der Waals surface area contributed by atoms with Crippen LogP contribution >= 0.6 is 23.7 Å². The molecule has 5 nitrogen and oxygen atoms in total. The predicted octanol–water partition coefficient (Wildman–Crippen LogP) is 8.08. The van der Waals surface area contributed by atoms with Crippen LogP contribution in [0, 0.1) is 24.4 Å². The highest BCUT2D eigenvalue weighted by molar-refractivity contribution is 7.98. The van der Waals surface area contributed by atoms with Gasteiger partial charge in [-0.3, -0.25) is 4.98 Å². The molecule has 10 heteroatoms. The Morgan fingerprint density at radius 3 is 2.24 bits per heavy atom. The molecule has 37 heavy (non-hydrogen) atoms. The van der Waals surface area contributed by atoms with Crippen LogP contribution in [0.3, 0.4) is 0 Å². The van der Waals surface area contributed by atoms with Gasteiger partial charge in [0.25, 0.3) is 0 Å². The number of halogens is 4. The molecule has 0 saturated carbocycles. The molecular weight excluding hydrogens is 519 g/mol. The Kier molecular flexibility index (Phi) is 8.79. The van der Waals surface area contributed by atoms with Crippen LogP contribution in [-0.4, -0.2) is 32.2 Å². The number of rotatable bonds is 6. The fraction of sp³-hybridized carbons (Fsp3) is 0.259. The van der Waals surface area contributed by atoms with Gasteiger partial charge < -0.3 is 4.72 Å². The highest BCUT2D eigenvalue weighted by Crippen LogP contribution is 2.39. The topological polar surface area (TPSA) is 46.0 Å². The third kappa shape index (κ3) is 5.95. The van der Waals surface area contributed by atoms with Crippen LogP contribution in [0.1, 0.15) is 32.3 Å². The second kappa shape index (κ2) is 12.0. The van der Waals surface area contributed by atoms with E-state index in [0.29, 0.717) is 27.4 Å². The molecule has 0 atom stereocenters. The monoisotopic (exact) mass is 545 g/mol. The Balaban J connectivity index is 0.00000156. The van der Waals surface area contributed by atoms with Crippen molar-refractivity contribution in [2.24, 2.45) is 0 Å². The zero-order valence-electron chi connectivity index (χ0n) is 20.7. The van der Waals surface area contributed by atoms with Crippen LogP contribution in [0.4, 0.5) is 18.9 Å². The maximum atomic E-state index is 15.8.